The van der Waals surface area contributed by atoms with Gasteiger partial charge in [-0.3, -0.25) is 9.58 Å². The smallest absolute Gasteiger partial charge is 0.387 e. The van der Waals surface area contributed by atoms with E-state index in [0.29, 0.717) is 23.7 Å². The Kier molecular flexibility index (Phi) is 6.90. The number of hydrogen-bond donors (Lipinski definition) is 3. The molecular weight excluding hydrogens is 514 g/mol. The quantitative estimate of drug-likeness (QED) is 0.249. The first-order valence-electron chi connectivity index (χ1n) is 11.4. The molecule has 0 radical (unpaired) electrons. The molecule has 9 nitrogen and oxygen atoms in total. The molecule has 5 N–H and O–H groups in total. The van der Waals surface area contributed by atoms with Gasteiger partial charge >= 0.3 is 12.6 Å². The van der Waals surface area contributed by atoms with E-state index in [-0.39, 0.29) is 12.4 Å². The van der Waals surface area contributed by atoms with E-state index in [1.165, 1.54) is 40.5 Å². The third kappa shape index (κ3) is 4.86. The van der Waals surface area contributed by atoms with Crippen LogP contribution in [0, 0.1) is 0 Å². The molecule has 0 aliphatic rings. The number of aliphatic hydroxyl groups is 1. The molecule has 0 aliphatic carbocycles. The van der Waals surface area contributed by atoms with Crippen molar-refractivity contribution in [3.63, 3.8) is 0 Å². The first-order chi connectivity index (χ1) is 18.4. The van der Waals surface area contributed by atoms with Crippen molar-refractivity contribution >= 4 is 44.6 Å². The number of nitrogens with zero attached hydrogens (tertiary/aromatic N) is 4. The van der Waals surface area contributed by atoms with Gasteiger partial charge in [-0.2, -0.15) is 13.9 Å². The lowest BCUT2D eigenvalue weighted by Gasteiger charge is -2.21. The van der Waals surface area contributed by atoms with Crippen LogP contribution in [0.5, 0.6) is 5.75 Å². The lowest BCUT2D eigenvalue weighted by Crippen LogP contribution is -2.31. The topological polar surface area (TPSA) is 133 Å². The van der Waals surface area contributed by atoms with Gasteiger partial charge in [-0.15, -0.1) is 11.3 Å². The number of fused-ring (bicyclic) bond motifs is 1. The first-order valence-corrected chi connectivity index (χ1v) is 12.3. The van der Waals surface area contributed by atoms with Gasteiger partial charge in [-0.25, -0.2) is 9.78 Å². The summed E-state index contributed by atoms with van der Waals surface area (Å²) < 4.78 is 31.9. The van der Waals surface area contributed by atoms with Crippen LogP contribution >= 0.6 is 11.3 Å². The highest BCUT2D eigenvalue weighted by molar-refractivity contribution is 7.18. The molecule has 2 aromatic carbocycles. The SMILES string of the molecule is NC(=O)N(c1ccc(OC(F)F)cc1)c1ccc(-c2csc3c(-c4cnn(CCO)c4)cnc(N)c23)cc1. The predicted molar refractivity (Wildman–Crippen MR) is 143 cm³/mol. The van der Waals surface area contributed by atoms with Gasteiger partial charge in [0.15, 0.2) is 0 Å². The second kappa shape index (κ2) is 10.4. The number of ether oxygens (including phenoxy) is 1. The summed E-state index contributed by atoms with van der Waals surface area (Å²) in [5, 5.41) is 16.3. The van der Waals surface area contributed by atoms with Crippen molar-refractivity contribution in [1.29, 1.82) is 0 Å². The maximum absolute atomic E-state index is 12.5. The lowest BCUT2D eigenvalue weighted by molar-refractivity contribution is -0.0498. The van der Waals surface area contributed by atoms with Crippen molar-refractivity contribution in [2.24, 2.45) is 5.73 Å². The van der Waals surface area contributed by atoms with Crippen molar-refractivity contribution in [3.8, 4) is 28.0 Å². The van der Waals surface area contributed by atoms with E-state index < -0.39 is 12.6 Å². The van der Waals surface area contributed by atoms with Crippen molar-refractivity contribution in [2.45, 2.75) is 13.2 Å². The number of amides is 2. The molecule has 2 amide bonds. The number of nitrogen functional groups attached to an aromatic ring is 1. The van der Waals surface area contributed by atoms with Crippen molar-refractivity contribution < 1.29 is 23.4 Å². The number of anilines is 3. The number of hydrogen-bond acceptors (Lipinski definition) is 7. The van der Waals surface area contributed by atoms with E-state index in [1.54, 1.807) is 29.2 Å². The van der Waals surface area contributed by atoms with Crippen molar-refractivity contribution in [2.75, 3.05) is 17.2 Å². The molecule has 3 heterocycles. The maximum Gasteiger partial charge on any atom is 0.387 e. The van der Waals surface area contributed by atoms with E-state index >= 15 is 0 Å². The summed E-state index contributed by atoms with van der Waals surface area (Å²) in [5.41, 5.74) is 16.3. The highest BCUT2D eigenvalue weighted by Crippen LogP contribution is 2.42. The number of thiophene rings is 1. The third-order valence-electron chi connectivity index (χ3n) is 5.87. The van der Waals surface area contributed by atoms with Gasteiger partial charge in [0.25, 0.3) is 0 Å². The van der Waals surface area contributed by atoms with Gasteiger partial charge in [-0.05, 0) is 47.3 Å². The Hall–Kier alpha value is -4.55. The van der Waals surface area contributed by atoms with Gasteiger partial charge in [0.05, 0.1) is 30.7 Å². The fourth-order valence-corrected chi connectivity index (χ4v) is 5.30. The molecule has 194 valence electrons. The standard InChI is InChI=1S/C26H22F2N6O3S/c27-25(28)37-19-7-5-18(6-8-19)34(26(30)36)17-3-1-15(2-4-17)21-14-38-23-20(12-31-24(29)22(21)23)16-11-32-33(13-16)9-10-35/h1-8,11-14,25,35H,9-10H2,(H2,29,31)(H2,30,36). The second-order valence-corrected chi connectivity index (χ2v) is 9.10. The molecule has 3 aromatic heterocycles. The minimum absolute atomic E-state index is 0.0126. The molecule has 12 heteroatoms. The summed E-state index contributed by atoms with van der Waals surface area (Å²) in [4.78, 5) is 17.9. The van der Waals surface area contributed by atoms with Crippen LogP contribution < -0.4 is 21.1 Å². The van der Waals surface area contributed by atoms with Gasteiger partial charge in [0, 0.05) is 39.2 Å². The van der Waals surface area contributed by atoms with Crippen LogP contribution in [0.1, 0.15) is 0 Å². The average Bonchev–Trinajstić information content (AvgIpc) is 3.54. The predicted octanol–water partition coefficient (Wildman–Crippen LogP) is 5.22. The fourth-order valence-electron chi connectivity index (χ4n) is 4.18. The first kappa shape index (κ1) is 25.1. The number of carbonyl (C=O) groups excluding carboxylic acids is 1. The number of rotatable bonds is 8. The zero-order chi connectivity index (χ0) is 26.8. The number of primary amides is 1. The number of urea groups is 1. The number of pyridine rings is 1. The molecule has 5 aromatic rings. The summed E-state index contributed by atoms with van der Waals surface area (Å²) in [6.07, 6.45) is 5.28. The minimum atomic E-state index is -2.95. The number of alkyl halides is 2. The number of aliphatic hydroxyl groups excluding tert-OH is 1. The van der Waals surface area contributed by atoms with Crippen LogP contribution in [0.15, 0.2) is 72.5 Å². The number of halogens is 2. The van der Waals surface area contributed by atoms with Gasteiger partial charge in [0.2, 0.25) is 0 Å². The fraction of sp³-hybridized carbons (Fsp3) is 0.115. The monoisotopic (exact) mass is 536 g/mol. The lowest BCUT2D eigenvalue weighted by atomic mass is 10.0. The summed E-state index contributed by atoms with van der Waals surface area (Å²) >= 11 is 1.53. The molecule has 0 spiro atoms. The van der Waals surface area contributed by atoms with Gasteiger partial charge < -0.3 is 21.3 Å². The summed E-state index contributed by atoms with van der Waals surface area (Å²) in [6.45, 7) is -2.57. The molecule has 0 aliphatic heterocycles. The molecule has 38 heavy (non-hydrogen) atoms. The van der Waals surface area contributed by atoms with E-state index in [0.717, 1.165) is 32.3 Å². The molecule has 5 rings (SSSR count). The Morgan fingerprint density at radius 2 is 1.74 bits per heavy atom. The molecular formula is C26H22F2N6O3S. The molecule has 0 bridgehead atoms. The van der Waals surface area contributed by atoms with Crippen molar-refractivity contribution in [1.82, 2.24) is 14.8 Å². The Morgan fingerprint density at radius 3 is 2.37 bits per heavy atom. The number of nitrogens with two attached hydrogens (primary N) is 2. The summed E-state index contributed by atoms with van der Waals surface area (Å²) in [6, 6.07) is 12.0. The Morgan fingerprint density at radius 1 is 1.05 bits per heavy atom. The molecule has 0 saturated carbocycles. The Bertz CT molecular complexity index is 1590. The normalized spacial score (nSPS) is 11.3. The van der Waals surface area contributed by atoms with Crippen LogP contribution in [0.4, 0.5) is 30.8 Å². The highest BCUT2D eigenvalue weighted by atomic mass is 32.1. The van der Waals surface area contributed by atoms with E-state index in [9.17, 15) is 18.7 Å². The van der Waals surface area contributed by atoms with Crippen LogP contribution in [-0.2, 0) is 6.54 Å². The Balaban J connectivity index is 1.48. The Labute approximate surface area is 219 Å². The average molecular weight is 537 g/mol. The van der Waals surface area contributed by atoms with E-state index in [1.807, 2.05) is 23.7 Å². The van der Waals surface area contributed by atoms with Gasteiger partial charge in [-0.1, -0.05) is 12.1 Å². The van der Waals surface area contributed by atoms with Crippen LogP contribution in [-0.4, -0.2) is 39.1 Å². The van der Waals surface area contributed by atoms with Crippen LogP contribution in [0.2, 0.25) is 0 Å². The largest absolute Gasteiger partial charge is 0.435 e. The minimum Gasteiger partial charge on any atom is -0.435 e. The van der Waals surface area contributed by atoms with E-state index in [4.69, 9.17) is 11.5 Å². The van der Waals surface area contributed by atoms with Crippen LogP contribution in [0.25, 0.3) is 32.3 Å². The second-order valence-electron chi connectivity index (χ2n) is 8.22. The zero-order valence-corrected chi connectivity index (χ0v) is 20.6. The molecule has 0 fully saturated rings. The molecule has 0 atom stereocenters. The highest BCUT2D eigenvalue weighted by Gasteiger charge is 2.19. The van der Waals surface area contributed by atoms with E-state index in [2.05, 4.69) is 14.8 Å². The number of carbonyl (C=O) groups is 1. The van der Waals surface area contributed by atoms with Crippen molar-refractivity contribution in [3.05, 3.63) is 72.5 Å². The molecule has 0 saturated heterocycles. The molecule has 0 unspecified atom stereocenters. The van der Waals surface area contributed by atoms with Crippen LogP contribution in [0.3, 0.4) is 0 Å². The summed E-state index contributed by atoms with van der Waals surface area (Å²) in [5.74, 6) is 0.357. The number of benzene rings is 2. The third-order valence-corrected chi connectivity index (χ3v) is 6.89. The number of aromatic nitrogens is 3. The van der Waals surface area contributed by atoms with Gasteiger partial charge in [0.1, 0.15) is 11.6 Å². The maximum atomic E-state index is 12.5. The summed E-state index contributed by atoms with van der Waals surface area (Å²) in [7, 11) is 0. The zero-order valence-electron chi connectivity index (χ0n) is 19.8.